The summed E-state index contributed by atoms with van der Waals surface area (Å²) in [5, 5.41) is 9.13. The fraction of sp³-hybridized carbons (Fsp3) is 0.611. The van der Waals surface area contributed by atoms with Gasteiger partial charge in [-0.15, -0.1) is 0 Å². The van der Waals surface area contributed by atoms with Crippen molar-refractivity contribution < 1.29 is 14.6 Å². The molecular formula is C18H27NO3. The van der Waals surface area contributed by atoms with Gasteiger partial charge in [-0.25, -0.2) is 0 Å². The van der Waals surface area contributed by atoms with Gasteiger partial charge in [-0.05, 0) is 37.3 Å². The van der Waals surface area contributed by atoms with Gasteiger partial charge in [0.05, 0.1) is 12.5 Å². The van der Waals surface area contributed by atoms with E-state index < -0.39 is 6.10 Å². The van der Waals surface area contributed by atoms with E-state index >= 15 is 0 Å². The molecule has 1 fully saturated rings. The van der Waals surface area contributed by atoms with E-state index in [1.54, 1.807) is 6.92 Å². The van der Waals surface area contributed by atoms with E-state index in [1.807, 2.05) is 0 Å². The molecule has 22 heavy (non-hydrogen) atoms. The van der Waals surface area contributed by atoms with Crippen molar-refractivity contribution in [3.8, 4) is 0 Å². The smallest absolute Gasteiger partial charge is 0.307 e. The van der Waals surface area contributed by atoms with Crippen LogP contribution in [-0.4, -0.2) is 41.3 Å². The van der Waals surface area contributed by atoms with Crippen LogP contribution >= 0.6 is 0 Å². The number of carbonyl (C=O) groups is 1. The number of rotatable bonds is 9. The first-order valence-corrected chi connectivity index (χ1v) is 8.24. The summed E-state index contributed by atoms with van der Waals surface area (Å²) >= 11 is 0. The van der Waals surface area contributed by atoms with Gasteiger partial charge in [0.2, 0.25) is 0 Å². The van der Waals surface area contributed by atoms with Gasteiger partial charge in [0, 0.05) is 19.1 Å². The molecule has 0 amide bonds. The Morgan fingerprint density at radius 3 is 2.50 bits per heavy atom. The lowest BCUT2D eigenvalue weighted by Gasteiger charge is -2.22. The number of nitrogens with zero attached hydrogens (tertiary/aromatic N) is 1. The zero-order valence-corrected chi connectivity index (χ0v) is 13.6. The Labute approximate surface area is 133 Å². The molecule has 0 spiro atoms. The summed E-state index contributed by atoms with van der Waals surface area (Å²) in [6.45, 7) is 5.46. The molecule has 122 valence electrons. The maximum absolute atomic E-state index is 11.7. The summed E-state index contributed by atoms with van der Waals surface area (Å²) in [4.78, 5) is 14.0. The standard InChI is InChI=1S/C18H27NO3/c1-3-15-4-6-16(7-5-15)12-19(17-8-9-17)11-10-18(21)22-13-14(2)20/h4-7,14,17,20H,3,8-13H2,1-2H3/t14-/m0/s1. The van der Waals surface area contributed by atoms with Gasteiger partial charge in [0.25, 0.3) is 0 Å². The van der Waals surface area contributed by atoms with Gasteiger partial charge < -0.3 is 9.84 Å². The average Bonchev–Trinajstić information content (AvgIpc) is 3.34. The molecule has 1 aromatic carbocycles. The summed E-state index contributed by atoms with van der Waals surface area (Å²) in [7, 11) is 0. The van der Waals surface area contributed by atoms with Crippen LogP contribution in [0.5, 0.6) is 0 Å². The summed E-state index contributed by atoms with van der Waals surface area (Å²) < 4.78 is 5.02. The van der Waals surface area contributed by atoms with E-state index in [2.05, 4.69) is 36.1 Å². The van der Waals surface area contributed by atoms with Crippen LogP contribution < -0.4 is 0 Å². The second kappa shape index (κ2) is 8.30. The lowest BCUT2D eigenvalue weighted by atomic mass is 10.1. The first kappa shape index (κ1) is 17.0. The summed E-state index contributed by atoms with van der Waals surface area (Å²) in [5.41, 5.74) is 2.64. The molecule has 1 atom stereocenters. The van der Waals surface area contributed by atoms with E-state index in [0.29, 0.717) is 12.5 Å². The molecule has 1 aliphatic rings. The van der Waals surface area contributed by atoms with Gasteiger partial charge in [-0.1, -0.05) is 31.2 Å². The van der Waals surface area contributed by atoms with Crippen LogP contribution in [0.3, 0.4) is 0 Å². The Morgan fingerprint density at radius 1 is 1.32 bits per heavy atom. The Morgan fingerprint density at radius 2 is 1.95 bits per heavy atom. The monoisotopic (exact) mass is 305 g/mol. The number of aliphatic hydroxyl groups excluding tert-OH is 1. The van der Waals surface area contributed by atoms with Crippen molar-refractivity contribution in [2.75, 3.05) is 13.2 Å². The molecule has 0 heterocycles. The molecule has 4 heteroatoms. The SMILES string of the molecule is CCc1ccc(CN(CCC(=O)OC[C@H](C)O)C2CC2)cc1. The van der Waals surface area contributed by atoms with E-state index in [4.69, 9.17) is 9.84 Å². The van der Waals surface area contributed by atoms with E-state index in [1.165, 1.54) is 24.0 Å². The van der Waals surface area contributed by atoms with Crippen molar-refractivity contribution >= 4 is 5.97 Å². The zero-order valence-electron chi connectivity index (χ0n) is 13.6. The molecule has 0 radical (unpaired) electrons. The molecule has 1 aliphatic carbocycles. The van der Waals surface area contributed by atoms with Gasteiger partial charge in [0.15, 0.2) is 0 Å². The third-order valence-corrected chi connectivity index (χ3v) is 3.97. The van der Waals surface area contributed by atoms with Gasteiger partial charge in [0.1, 0.15) is 6.61 Å². The first-order valence-electron chi connectivity index (χ1n) is 8.24. The Hall–Kier alpha value is -1.39. The number of aliphatic hydroxyl groups is 1. The third-order valence-electron chi connectivity index (χ3n) is 3.97. The van der Waals surface area contributed by atoms with E-state index in [-0.39, 0.29) is 12.6 Å². The largest absolute Gasteiger partial charge is 0.463 e. The topological polar surface area (TPSA) is 49.8 Å². The summed E-state index contributed by atoms with van der Waals surface area (Å²) in [5.74, 6) is -0.229. The highest BCUT2D eigenvalue weighted by Gasteiger charge is 2.29. The molecule has 2 rings (SSSR count). The predicted octanol–water partition coefficient (Wildman–Crippen LogP) is 2.53. The molecule has 0 aliphatic heterocycles. The fourth-order valence-corrected chi connectivity index (χ4v) is 2.47. The van der Waals surface area contributed by atoms with Crippen molar-refractivity contribution in [3.05, 3.63) is 35.4 Å². The molecule has 0 bridgehead atoms. The second-order valence-electron chi connectivity index (χ2n) is 6.15. The lowest BCUT2D eigenvalue weighted by molar-refractivity contribution is -0.146. The number of aryl methyl sites for hydroxylation is 1. The van der Waals surface area contributed by atoms with Crippen molar-refractivity contribution in [2.24, 2.45) is 0 Å². The van der Waals surface area contributed by atoms with Crippen LogP contribution in [0.1, 0.15) is 44.2 Å². The molecule has 0 unspecified atom stereocenters. The molecule has 4 nitrogen and oxygen atoms in total. The summed E-state index contributed by atoms with van der Waals surface area (Å²) in [6, 6.07) is 9.32. The quantitative estimate of drug-likeness (QED) is 0.712. The maximum atomic E-state index is 11.7. The molecular weight excluding hydrogens is 278 g/mol. The van der Waals surface area contributed by atoms with Crippen molar-refractivity contribution in [3.63, 3.8) is 0 Å². The van der Waals surface area contributed by atoms with Crippen molar-refractivity contribution in [1.29, 1.82) is 0 Å². The van der Waals surface area contributed by atoms with Gasteiger partial charge >= 0.3 is 5.97 Å². The second-order valence-corrected chi connectivity index (χ2v) is 6.15. The zero-order chi connectivity index (χ0) is 15.9. The molecule has 1 N–H and O–H groups in total. The minimum absolute atomic E-state index is 0.0841. The lowest BCUT2D eigenvalue weighted by Crippen LogP contribution is -2.29. The number of hydrogen-bond donors (Lipinski definition) is 1. The van der Waals surface area contributed by atoms with Crippen LogP contribution in [0.25, 0.3) is 0 Å². The highest BCUT2D eigenvalue weighted by atomic mass is 16.5. The highest BCUT2D eigenvalue weighted by molar-refractivity contribution is 5.69. The first-order chi connectivity index (χ1) is 10.6. The fourth-order valence-electron chi connectivity index (χ4n) is 2.47. The van der Waals surface area contributed by atoms with Crippen LogP contribution in [-0.2, 0) is 22.5 Å². The molecule has 0 saturated heterocycles. The molecule has 0 aromatic heterocycles. The van der Waals surface area contributed by atoms with Crippen LogP contribution in [0.2, 0.25) is 0 Å². The Bertz CT molecular complexity index is 466. The number of hydrogen-bond acceptors (Lipinski definition) is 4. The van der Waals surface area contributed by atoms with Crippen LogP contribution in [0.4, 0.5) is 0 Å². The van der Waals surface area contributed by atoms with Crippen molar-refractivity contribution in [1.82, 2.24) is 4.90 Å². The number of carbonyl (C=O) groups excluding carboxylic acids is 1. The normalized spacial score (nSPS) is 15.8. The third kappa shape index (κ3) is 5.78. The van der Waals surface area contributed by atoms with Crippen LogP contribution in [0.15, 0.2) is 24.3 Å². The molecule has 1 saturated carbocycles. The van der Waals surface area contributed by atoms with Crippen molar-refractivity contribution in [2.45, 2.75) is 58.2 Å². The van der Waals surface area contributed by atoms with Crippen LogP contribution in [0, 0.1) is 0 Å². The van der Waals surface area contributed by atoms with E-state index in [0.717, 1.165) is 19.5 Å². The van der Waals surface area contributed by atoms with Gasteiger partial charge in [-0.2, -0.15) is 0 Å². The average molecular weight is 305 g/mol. The Balaban J connectivity index is 1.81. The maximum Gasteiger partial charge on any atom is 0.307 e. The minimum atomic E-state index is -0.597. The predicted molar refractivity (Wildman–Crippen MR) is 86.5 cm³/mol. The molecule has 1 aromatic rings. The summed E-state index contributed by atoms with van der Waals surface area (Å²) in [6.07, 6.45) is 3.28. The number of benzene rings is 1. The highest BCUT2D eigenvalue weighted by Crippen LogP contribution is 2.28. The van der Waals surface area contributed by atoms with E-state index in [9.17, 15) is 4.79 Å². The number of ether oxygens (including phenoxy) is 1. The minimum Gasteiger partial charge on any atom is -0.463 e. The Kier molecular flexibility index (Phi) is 6.40. The van der Waals surface area contributed by atoms with Gasteiger partial charge in [-0.3, -0.25) is 9.69 Å². The number of esters is 1.